The van der Waals surface area contributed by atoms with E-state index in [1.54, 1.807) is 24.3 Å². The lowest BCUT2D eigenvalue weighted by Crippen LogP contribution is -2.04. The monoisotopic (exact) mass is 368 g/mol. The van der Waals surface area contributed by atoms with E-state index in [9.17, 15) is 9.59 Å². The Labute approximate surface area is 150 Å². The zero-order valence-electron chi connectivity index (χ0n) is 14.3. The third kappa shape index (κ3) is 2.16. The van der Waals surface area contributed by atoms with Crippen molar-refractivity contribution in [2.24, 2.45) is 0 Å². The quantitative estimate of drug-likeness (QED) is 0.302. The number of ether oxygens (including phenoxy) is 4. The fourth-order valence-electron chi connectivity index (χ4n) is 3.28. The van der Waals surface area contributed by atoms with Crippen LogP contribution in [-0.4, -0.2) is 19.9 Å². The highest BCUT2D eigenvalue weighted by atomic mass is 16.7. The average molecular weight is 368 g/mol. The summed E-state index contributed by atoms with van der Waals surface area (Å²) in [6.07, 6.45) is 0. The Kier molecular flexibility index (Phi) is 3.12. The van der Waals surface area contributed by atoms with Gasteiger partial charge in [0.1, 0.15) is 11.0 Å². The van der Waals surface area contributed by atoms with Crippen LogP contribution in [0.5, 0.6) is 23.0 Å². The third-order valence-electron chi connectivity index (χ3n) is 4.36. The van der Waals surface area contributed by atoms with Crippen molar-refractivity contribution >= 4 is 38.9 Å². The molecule has 27 heavy (non-hydrogen) atoms. The molecule has 1 aliphatic rings. The number of hydrogen-bond donors (Lipinski definition) is 0. The SMILES string of the molecule is COc1c(OC(C)=O)ccc2c1oc(=O)c1c3cc4c(cc3oc21)OCO4. The van der Waals surface area contributed by atoms with Gasteiger partial charge in [0.25, 0.3) is 0 Å². The van der Waals surface area contributed by atoms with Crippen LogP contribution in [0.1, 0.15) is 6.92 Å². The predicted molar refractivity (Wildman–Crippen MR) is 93.7 cm³/mol. The van der Waals surface area contributed by atoms with E-state index in [1.807, 2.05) is 0 Å². The highest BCUT2D eigenvalue weighted by Crippen LogP contribution is 2.43. The first-order valence-corrected chi connectivity index (χ1v) is 8.05. The Morgan fingerprint density at radius 1 is 1.04 bits per heavy atom. The summed E-state index contributed by atoms with van der Waals surface area (Å²) in [5.74, 6) is 0.847. The first kappa shape index (κ1) is 15.6. The standard InChI is InChI=1S/C19H12O8/c1-8(20)25-11-4-3-9-16-15(19(21)27-17(9)18(11)22-2)10-5-13-14(24-7-23-13)6-12(10)26-16/h3-6H,7H2,1-2H3. The van der Waals surface area contributed by atoms with Crippen LogP contribution in [0.3, 0.4) is 0 Å². The summed E-state index contributed by atoms with van der Waals surface area (Å²) in [6, 6.07) is 6.57. The summed E-state index contributed by atoms with van der Waals surface area (Å²) in [5, 5.41) is 1.36. The molecule has 8 nitrogen and oxygen atoms in total. The lowest BCUT2D eigenvalue weighted by Gasteiger charge is -2.09. The van der Waals surface area contributed by atoms with Crippen LogP contribution in [0.15, 0.2) is 37.9 Å². The van der Waals surface area contributed by atoms with Crippen LogP contribution in [-0.2, 0) is 4.79 Å². The molecule has 0 amide bonds. The molecule has 8 heteroatoms. The van der Waals surface area contributed by atoms with E-state index in [0.717, 1.165) is 0 Å². The van der Waals surface area contributed by atoms with Gasteiger partial charge in [0, 0.05) is 18.4 Å². The number of rotatable bonds is 2. The van der Waals surface area contributed by atoms with Gasteiger partial charge in [-0.1, -0.05) is 0 Å². The van der Waals surface area contributed by atoms with Crippen LogP contribution in [0, 0.1) is 0 Å². The molecule has 0 atom stereocenters. The molecule has 5 rings (SSSR count). The van der Waals surface area contributed by atoms with Crippen molar-refractivity contribution in [3.63, 3.8) is 0 Å². The summed E-state index contributed by atoms with van der Waals surface area (Å²) >= 11 is 0. The van der Waals surface area contributed by atoms with Crippen molar-refractivity contribution in [3.05, 3.63) is 34.7 Å². The summed E-state index contributed by atoms with van der Waals surface area (Å²) in [6.45, 7) is 1.39. The van der Waals surface area contributed by atoms with Crippen molar-refractivity contribution < 1.29 is 32.6 Å². The highest BCUT2D eigenvalue weighted by Gasteiger charge is 2.24. The fourth-order valence-corrected chi connectivity index (χ4v) is 3.28. The van der Waals surface area contributed by atoms with Crippen LogP contribution >= 0.6 is 0 Å². The fraction of sp³-hybridized carbons (Fsp3) is 0.158. The second kappa shape index (κ2) is 5.41. The normalized spacial score (nSPS) is 12.8. The Morgan fingerprint density at radius 2 is 1.81 bits per heavy atom. The van der Waals surface area contributed by atoms with Crippen molar-refractivity contribution in [3.8, 4) is 23.0 Å². The van der Waals surface area contributed by atoms with Gasteiger partial charge in [-0.15, -0.1) is 0 Å². The molecule has 3 heterocycles. The van der Waals surface area contributed by atoms with Gasteiger partial charge in [-0.25, -0.2) is 4.79 Å². The number of furan rings is 1. The van der Waals surface area contributed by atoms with Gasteiger partial charge in [0.2, 0.25) is 12.5 Å². The van der Waals surface area contributed by atoms with Crippen molar-refractivity contribution in [1.29, 1.82) is 0 Å². The van der Waals surface area contributed by atoms with Gasteiger partial charge < -0.3 is 27.8 Å². The molecular formula is C19H12O8. The molecule has 0 unspecified atom stereocenters. The minimum absolute atomic E-state index is 0.119. The topological polar surface area (TPSA) is 97.3 Å². The largest absolute Gasteiger partial charge is 0.490 e. The third-order valence-corrected chi connectivity index (χ3v) is 4.36. The molecule has 0 bridgehead atoms. The van der Waals surface area contributed by atoms with Crippen LogP contribution < -0.4 is 24.6 Å². The van der Waals surface area contributed by atoms with E-state index in [4.69, 9.17) is 27.8 Å². The lowest BCUT2D eigenvalue weighted by atomic mass is 10.1. The first-order chi connectivity index (χ1) is 13.1. The van der Waals surface area contributed by atoms with Gasteiger partial charge in [0.05, 0.1) is 12.5 Å². The van der Waals surface area contributed by atoms with Gasteiger partial charge >= 0.3 is 11.6 Å². The molecule has 0 N–H and O–H groups in total. The molecule has 0 radical (unpaired) electrons. The van der Waals surface area contributed by atoms with Gasteiger partial charge in [-0.3, -0.25) is 4.79 Å². The second-order valence-corrected chi connectivity index (χ2v) is 5.96. The summed E-state index contributed by atoms with van der Waals surface area (Å²) < 4.78 is 32.6. The lowest BCUT2D eigenvalue weighted by molar-refractivity contribution is -0.131. The number of esters is 1. The maximum Gasteiger partial charge on any atom is 0.348 e. The molecule has 2 aromatic carbocycles. The van der Waals surface area contributed by atoms with Crippen molar-refractivity contribution in [1.82, 2.24) is 0 Å². The number of fused-ring (bicyclic) bond motifs is 6. The van der Waals surface area contributed by atoms with Gasteiger partial charge in [-0.2, -0.15) is 0 Å². The molecule has 2 aromatic heterocycles. The highest BCUT2D eigenvalue weighted by molar-refractivity contribution is 6.14. The number of carbonyl (C=O) groups excluding carboxylic acids is 1. The Morgan fingerprint density at radius 3 is 2.56 bits per heavy atom. The molecule has 4 aromatic rings. The van der Waals surface area contributed by atoms with E-state index < -0.39 is 11.6 Å². The summed E-state index contributed by atoms with van der Waals surface area (Å²) in [7, 11) is 1.39. The number of benzene rings is 2. The zero-order valence-corrected chi connectivity index (χ0v) is 14.3. The molecule has 0 saturated carbocycles. The predicted octanol–water partition coefficient (Wildman–Crippen LogP) is 3.36. The van der Waals surface area contributed by atoms with Gasteiger partial charge in [0.15, 0.2) is 28.4 Å². The van der Waals surface area contributed by atoms with Crippen LogP contribution in [0.25, 0.3) is 32.9 Å². The van der Waals surface area contributed by atoms with E-state index >= 15 is 0 Å². The van der Waals surface area contributed by atoms with Gasteiger partial charge in [-0.05, 0) is 18.2 Å². The second-order valence-electron chi connectivity index (χ2n) is 5.96. The number of methoxy groups -OCH3 is 1. The molecule has 0 aliphatic carbocycles. The Balaban J connectivity index is 1.89. The zero-order chi connectivity index (χ0) is 18.7. The maximum absolute atomic E-state index is 12.7. The smallest absolute Gasteiger partial charge is 0.348 e. The van der Waals surface area contributed by atoms with E-state index in [2.05, 4.69) is 0 Å². The summed E-state index contributed by atoms with van der Waals surface area (Å²) in [5.41, 5.74) is 0.339. The molecule has 1 aliphatic heterocycles. The van der Waals surface area contributed by atoms with E-state index in [-0.39, 0.29) is 29.3 Å². The first-order valence-electron chi connectivity index (χ1n) is 8.05. The molecule has 0 saturated heterocycles. The molecular weight excluding hydrogens is 356 g/mol. The maximum atomic E-state index is 12.7. The number of carbonyl (C=O) groups is 1. The van der Waals surface area contributed by atoms with Crippen LogP contribution in [0.4, 0.5) is 0 Å². The minimum atomic E-state index is -0.603. The van der Waals surface area contributed by atoms with E-state index in [0.29, 0.717) is 33.4 Å². The minimum Gasteiger partial charge on any atom is -0.490 e. The Hall–Kier alpha value is -3.68. The molecule has 0 spiro atoms. The van der Waals surface area contributed by atoms with Crippen LogP contribution in [0.2, 0.25) is 0 Å². The average Bonchev–Trinajstić information content (AvgIpc) is 3.22. The van der Waals surface area contributed by atoms with Crippen molar-refractivity contribution in [2.45, 2.75) is 6.92 Å². The molecule has 0 fully saturated rings. The van der Waals surface area contributed by atoms with Crippen molar-refractivity contribution in [2.75, 3.05) is 13.9 Å². The molecule has 136 valence electrons. The number of hydrogen-bond acceptors (Lipinski definition) is 8. The summed E-state index contributed by atoms with van der Waals surface area (Å²) in [4.78, 5) is 24.0. The van der Waals surface area contributed by atoms with E-state index in [1.165, 1.54) is 14.0 Å². The Bertz CT molecular complexity index is 1310.